The lowest BCUT2D eigenvalue weighted by Gasteiger charge is -2.27. The van der Waals surface area contributed by atoms with Gasteiger partial charge in [0.2, 0.25) is 5.91 Å². The van der Waals surface area contributed by atoms with E-state index in [4.69, 9.17) is 21.4 Å². The van der Waals surface area contributed by atoms with E-state index in [-0.39, 0.29) is 23.9 Å². The lowest BCUT2D eigenvalue weighted by atomic mass is 9.79. The van der Waals surface area contributed by atoms with Gasteiger partial charge in [0.1, 0.15) is 11.5 Å². The molecule has 2 aliphatic carbocycles. The van der Waals surface area contributed by atoms with Gasteiger partial charge in [-0.05, 0) is 49.3 Å². The molecule has 2 aliphatic rings. The number of fused-ring (bicyclic) bond motifs is 4. The SMILES string of the molecule is NC(=O)C1CC(Nc2nc(-c3ccnc4[nH]c5ccccc5c34)nc3cncc(C4CCC4)c23)CC1N. The summed E-state index contributed by atoms with van der Waals surface area (Å²) >= 11 is 0. The summed E-state index contributed by atoms with van der Waals surface area (Å²) < 4.78 is 0. The minimum atomic E-state index is -0.345. The Hall–Kier alpha value is -4.11. The standard InChI is InChI=1S/C28H28N8O/c29-20-11-15(10-18(20)25(30)37)33-28-24-19(14-4-3-5-14)12-31-13-22(24)35-26(36-28)17-8-9-32-27-23(17)16-6-1-2-7-21(16)34-27/h1-2,6-9,12-15,18,20H,3-5,10-11,29H2,(H2,30,37)(H,32,34)(H,33,35,36). The molecule has 0 bridgehead atoms. The normalized spacial score (nSPS) is 22.0. The number of nitrogens with one attached hydrogen (secondary N) is 2. The van der Waals surface area contributed by atoms with Gasteiger partial charge in [0, 0.05) is 51.7 Å². The van der Waals surface area contributed by atoms with Crippen molar-refractivity contribution in [1.29, 1.82) is 0 Å². The fraction of sp³-hybridized carbons (Fsp3) is 0.321. The number of carbonyl (C=O) groups is 1. The van der Waals surface area contributed by atoms with Crippen molar-refractivity contribution in [2.24, 2.45) is 17.4 Å². The van der Waals surface area contributed by atoms with Crippen molar-refractivity contribution in [1.82, 2.24) is 24.9 Å². The van der Waals surface area contributed by atoms with Crippen molar-refractivity contribution in [2.45, 2.75) is 50.1 Å². The van der Waals surface area contributed by atoms with Crippen LogP contribution in [-0.2, 0) is 4.79 Å². The Morgan fingerprint density at radius 2 is 1.92 bits per heavy atom. The van der Waals surface area contributed by atoms with Crippen molar-refractivity contribution in [3.05, 3.63) is 54.5 Å². The molecule has 5 aromatic rings. The van der Waals surface area contributed by atoms with Crippen molar-refractivity contribution >= 4 is 44.6 Å². The van der Waals surface area contributed by atoms with Gasteiger partial charge in [-0.15, -0.1) is 0 Å². The molecule has 0 radical (unpaired) electrons. The van der Waals surface area contributed by atoms with E-state index >= 15 is 0 Å². The van der Waals surface area contributed by atoms with Crippen LogP contribution < -0.4 is 16.8 Å². The number of amides is 1. The van der Waals surface area contributed by atoms with E-state index in [0.29, 0.717) is 24.6 Å². The molecule has 37 heavy (non-hydrogen) atoms. The van der Waals surface area contributed by atoms with Crippen LogP contribution in [0.1, 0.15) is 43.6 Å². The maximum absolute atomic E-state index is 11.9. The second kappa shape index (κ2) is 8.48. The average molecular weight is 493 g/mol. The second-order valence-electron chi connectivity index (χ2n) is 10.4. The first-order valence-corrected chi connectivity index (χ1v) is 12.9. The summed E-state index contributed by atoms with van der Waals surface area (Å²) in [5, 5.41) is 6.71. The lowest BCUT2D eigenvalue weighted by Crippen LogP contribution is -2.34. The van der Waals surface area contributed by atoms with Crippen LogP contribution in [0.4, 0.5) is 5.82 Å². The number of rotatable bonds is 5. The molecule has 0 aliphatic heterocycles. The fourth-order valence-electron chi connectivity index (χ4n) is 6.02. The number of H-pyrrole nitrogens is 1. The van der Waals surface area contributed by atoms with Crippen molar-refractivity contribution in [3.63, 3.8) is 0 Å². The summed E-state index contributed by atoms with van der Waals surface area (Å²) in [5.74, 6) is 1.13. The largest absolute Gasteiger partial charge is 0.369 e. The minimum Gasteiger partial charge on any atom is -0.369 e. The zero-order valence-corrected chi connectivity index (χ0v) is 20.3. The topological polar surface area (TPSA) is 148 Å². The minimum absolute atomic E-state index is 0.00796. The third-order valence-corrected chi connectivity index (χ3v) is 8.14. The third-order valence-electron chi connectivity index (χ3n) is 8.14. The number of carbonyl (C=O) groups excluding carboxylic acids is 1. The maximum atomic E-state index is 11.9. The van der Waals surface area contributed by atoms with Gasteiger partial charge < -0.3 is 21.8 Å². The van der Waals surface area contributed by atoms with Gasteiger partial charge in [-0.2, -0.15) is 0 Å². The Kier molecular flexibility index (Phi) is 5.07. The fourth-order valence-corrected chi connectivity index (χ4v) is 6.02. The van der Waals surface area contributed by atoms with E-state index in [1.165, 1.54) is 12.0 Å². The summed E-state index contributed by atoms with van der Waals surface area (Å²) in [6.45, 7) is 0. The summed E-state index contributed by atoms with van der Waals surface area (Å²) in [5.41, 5.74) is 16.6. The van der Waals surface area contributed by atoms with Crippen LogP contribution in [0, 0.1) is 5.92 Å². The molecule has 9 nitrogen and oxygen atoms in total. The number of aromatic amines is 1. The van der Waals surface area contributed by atoms with E-state index < -0.39 is 0 Å². The molecule has 3 unspecified atom stereocenters. The Morgan fingerprint density at radius 3 is 2.70 bits per heavy atom. The number of nitrogens with two attached hydrogens (primary N) is 2. The van der Waals surface area contributed by atoms with Gasteiger partial charge in [-0.25, -0.2) is 15.0 Å². The first-order valence-electron chi connectivity index (χ1n) is 12.9. The van der Waals surface area contributed by atoms with Crippen molar-refractivity contribution in [3.8, 4) is 11.4 Å². The summed E-state index contributed by atoms with van der Waals surface area (Å²) in [4.78, 5) is 34.6. The monoisotopic (exact) mass is 492 g/mol. The molecule has 4 heterocycles. The first kappa shape index (κ1) is 22.1. The molecular formula is C28H28N8O. The molecule has 6 N–H and O–H groups in total. The van der Waals surface area contributed by atoms with E-state index in [1.54, 1.807) is 6.20 Å². The highest BCUT2D eigenvalue weighted by Gasteiger charge is 2.36. The van der Waals surface area contributed by atoms with Gasteiger partial charge in [-0.1, -0.05) is 24.6 Å². The second-order valence-corrected chi connectivity index (χ2v) is 10.4. The number of benzene rings is 1. The van der Waals surface area contributed by atoms with Gasteiger partial charge in [0.25, 0.3) is 0 Å². The van der Waals surface area contributed by atoms with Gasteiger partial charge in [0.05, 0.1) is 17.6 Å². The number of pyridine rings is 2. The molecule has 0 saturated heterocycles. The predicted molar refractivity (Wildman–Crippen MR) is 144 cm³/mol. The highest BCUT2D eigenvalue weighted by atomic mass is 16.1. The van der Waals surface area contributed by atoms with Crippen LogP contribution >= 0.6 is 0 Å². The maximum Gasteiger partial charge on any atom is 0.222 e. The van der Waals surface area contributed by atoms with E-state index in [2.05, 4.69) is 26.3 Å². The molecule has 0 spiro atoms. The Bertz CT molecular complexity index is 1670. The quantitative estimate of drug-likeness (QED) is 0.290. The van der Waals surface area contributed by atoms with Crippen molar-refractivity contribution < 1.29 is 4.79 Å². The molecule has 186 valence electrons. The van der Waals surface area contributed by atoms with Crippen LogP contribution in [0.3, 0.4) is 0 Å². The number of hydrogen-bond acceptors (Lipinski definition) is 7. The summed E-state index contributed by atoms with van der Waals surface area (Å²) in [6, 6.07) is 9.85. The summed E-state index contributed by atoms with van der Waals surface area (Å²) in [7, 11) is 0. The smallest absolute Gasteiger partial charge is 0.222 e. The highest BCUT2D eigenvalue weighted by molar-refractivity contribution is 6.12. The Labute approximate surface area is 213 Å². The molecule has 9 heteroatoms. The molecule has 7 rings (SSSR count). The number of hydrogen-bond donors (Lipinski definition) is 4. The third kappa shape index (κ3) is 3.61. The average Bonchev–Trinajstić information content (AvgIpc) is 3.42. The van der Waals surface area contributed by atoms with Crippen LogP contribution in [0.25, 0.3) is 44.2 Å². The zero-order valence-electron chi connectivity index (χ0n) is 20.3. The molecule has 2 fully saturated rings. The van der Waals surface area contributed by atoms with Crippen LogP contribution in [0.5, 0.6) is 0 Å². The molecular weight excluding hydrogens is 464 g/mol. The van der Waals surface area contributed by atoms with E-state index in [1.807, 2.05) is 36.7 Å². The van der Waals surface area contributed by atoms with Crippen molar-refractivity contribution in [2.75, 3.05) is 5.32 Å². The van der Waals surface area contributed by atoms with E-state index in [9.17, 15) is 4.79 Å². The van der Waals surface area contributed by atoms with E-state index in [0.717, 1.165) is 57.1 Å². The van der Waals surface area contributed by atoms with Gasteiger partial charge in [-0.3, -0.25) is 9.78 Å². The molecule has 1 amide bonds. The molecule has 1 aromatic carbocycles. The predicted octanol–water partition coefficient (Wildman–Crippen LogP) is 3.99. The van der Waals surface area contributed by atoms with Gasteiger partial charge in [0.15, 0.2) is 5.82 Å². The highest BCUT2D eigenvalue weighted by Crippen LogP contribution is 2.42. The van der Waals surface area contributed by atoms with Crippen LogP contribution in [-0.4, -0.2) is 42.9 Å². The summed E-state index contributed by atoms with van der Waals surface area (Å²) in [6.07, 6.45) is 10.3. The van der Waals surface area contributed by atoms with Crippen LogP contribution in [0.2, 0.25) is 0 Å². The number of primary amides is 1. The molecule has 4 aromatic heterocycles. The zero-order chi connectivity index (χ0) is 25.1. The van der Waals surface area contributed by atoms with Gasteiger partial charge >= 0.3 is 0 Å². The number of nitrogens with zero attached hydrogens (tertiary/aromatic N) is 4. The van der Waals surface area contributed by atoms with Crippen LogP contribution in [0.15, 0.2) is 48.9 Å². The lowest BCUT2D eigenvalue weighted by molar-refractivity contribution is -0.121. The number of anilines is 1. The number of aromatic nitrogens is 5. The number of para-hydroxylation sites is 1. The molecule has 2 saturated carbocycles. The Balaban J connectivity index is 1.41. The Morgan fingerprint density at radius 1 is 1.05 bits per heavy atom. The molecule has 3 atom stereocenters. The first-order chi connectivity index (χ1) is 18.1.